The van der Waals surface area contributed by atoms with E-state index in [-0.39, 0.29) is 6.54 Å². The zero-order valence-corrected chi connectivity index (χ0v) is 10.6. The van der Waals surface area contributed by atoms with Crippen molar-refractivity contribution in [1.82, 2.24) is 10.1 Å². The third-order valence-corrected chi connectivity index (χ3v) is 2.65. The normalized spacial score (nSPS) is 10.4. The lowest BCUT2D eigenvalue weighted by Gasteiger charge is -2.10. The topological polar surface area (TPSA) is 83.4 Å². The van der Waals surface area contributed by atoms with Gasteiger partial charge in [-0.25, -0.2) is 0 Å². The van der Waals surface area contributed by atoms with Crippen LogP contribution < -0.4 is 15.2 Å². The summed E-state index contributed by atoms with van der Waals surface area (Å²) in [7, 11) is 3.21. The lowest BCUT2D eigenvalue weighted by molar-refractivity contribution is 0.380. The van der Waals surface area contributed by atoms with Crippen LogP contribution in [0.25, 0.3) is 11.4 Å². The van der Waals surface area contributed by atoms with Gasteiger partial charge in [0.05, 0.1) is 20.8 Å². The molecule has 1 aromatic carbocycles. The minimum absolute atomic E-state index is 0.215. The van der Waals surface area contributed by atoms with Crippen molar-refractivity contribution >= 4 is 0 Å². The molecular weight excluding hydrogens is 234 g/mol. The van der Waals surface area contributed by atoms with Crippen LogP contribution >= 0.6 is 0 Å². The van der Waals surface area contributed by atoms with Crippen LogP contribution in [0.15, 0.2) is 16.7 Å². The Kier molecular flexibility index (Phi) is 3.47. The van der Waals surface area contributed by atoms with Gasteiger partial charge in [0, 0.05) is 11.1 Å². The Hall–Kier alpha value is -2.08. The SMILES string of the molecule is COc1cc(-c2noc(CN)n2)cc(OC)c1C. The molecule has 0 saturated heterocycles. The Morgan fingerprint density at radius 3 is 2.28 bits per heavy atom. The van der Waals surface area contributed by atoms with Crippen LogP contribution in [0, 0.1) is 6.92 Å². The zero-order chi connectivity index (χ0) is 13.1. The van der Waals surface area contributed by atoms with E-state index in [9.17, 15) is 0 Å². The Morgan fingerprint density at radius 1 is 1.22 bits per heavy atom. The summed E-state index contributed by atoms with van der Waals surface area (Å²) < 4.78 is 15.6. The van der Waals surface area contributed by atoms with Gasteiger partial charge in [-0.1, -0.05) is 5.16 Å². The van der Waals surface area contributed by atoms with E-state index in [2.05, 4.69) is 10.1 Å². The molecule has 0 saturated carbocycles. The lowest BCUT2D eigenvalue weighted by Crippen LogP contribution is -1.96. The highest BCUT2D eigenvalue weighted by Crippen LogP contribution is 2.33. The first-order valence-corrected chi connectivity index (χ1v) is 5.45. The molecule has 0 aliphatic rings. The molecule has 2 aromatic rings. The standard InChI is InChI=1S/C12H15N3O3/c1-7-9(16-2)4-8(5-10(7)17-3)12-14-11(6-13)18-15-12/h4-5H,6,13H2,1-3H3. The first kappa shape index (κ1) is 12.4. The van der Waals surface area contributed by atoms with Gasteiger partial charge in [0.25, 0.3) is 0 Å². The van der Waals surface area contributed by atoms with Gasteiger partial charge in [0.1, 0.15) is 11.5 Å². The Labute approximate surface area is 105 Å². The zero-order valence-electron chi connectivity index (χ0n) is 10.6. The van der Waals surface area contributed by atoms with Gasteiger partial charge in [-0.2, -0.15) is 4.98 Å². The second kappa shape index (κ2) is 5.05. The van der Waals surface area contributed by atoms with Crippen LogP contribution in [0.2, 0.25) is 0 Å². The fourth-order valence-corrected chi connectivity index (χ4v) is 1.67. The summed E-state index contributed by atoms with van der Waals surface area (Å²) >= 11 is 0. The number of hydrogen-bond donors (Lipinski definition) is 1. The maximum absolute atomic E-state index is 5.43. The highest BCUT2D eigenvalue weighted by atomic mass is 16.5. The molecule has 1 aromatic heterocycles. The maximum Gasteiger partial charge on any atom is 0.240 e. The van der Waals surface area contributed by atoms with E-state index in [1.54, 1.807) is 14.2 Å². The van der Waals surface area contributed by atoms with Gasteiger partial charge < -0.3 is 19.7 Å². The summed E-state index contributed by atoms with van der Waals surface area (Å²) in [5.74, 6) is 2.28. The second-order valence-electron chi connectivity index (χ2n) is 3.72. The molecule has 18 heavy (non-hydrogen) atoms. The van der Waals surface area contributed by atoms with Crippen molar-refractivity contribution in [3.8, 4) is 22.9 Å². The molecule has 2 rings (SSSR count). The monoisotopic (exact) mass is 249 g/mol. The minimum Gasteiger partial charge on any atom is -0.496 e. The maximum atomic E-state index is 5.43. The molecule has 0 fully saturated rings. The largest absolute Gasteiger partial charge is 0.496 e. The first-order valence-electron chi connectivity index (χ1n) is 5.45. The van der Waals surface area contributed by atoms with Gasteiger partial charge in [-0.3, -0.25) is 0 Å². The summed E-state index contributed by atoms with van der Waals surface area (Å²) in [6, 6.07) is 3.67. The average Bonchev–Trinajstić information content (AvgIpc) is 2.88. The van der Waals surface area contributed by atoms with Gasteiger partial charge >= 0.3 is 0 Å². The quantitative estimate of drug-likeness (QED) is 0.884. The van der Waals surface area contributed by atoms with Crippen LogP contribution in [0.3, 0.4) is 0 Å². The second-order valence-corrected chi connectivity index (χ2v) is 3.72. The number of nitrogens with zero attached hydrogens (tertiary/aromatic N) is 2. The lowest BCUT2D eigenvalue weighted by atomic mass is 10.1. The fourth-order valence-electron chi connectivity index (χ4n) is 1.67. The van der Waals surface area contributed by atoms with Crippen LogP contribution in [0.4, 0.5) is 0 Å². The minimum atomic E-state index is 0.215. The molecule has 0 aliphatic carbocycles. The molecule has 0 amide bonds. The van der Waals surface area contributed by atoms with Crippen LogP contribution in [0.5, 0.6) is 11.5 Å². The molecule has 6 nitrogen and oxygen atoms in total. The fraction of sp³-hybridized carbons (Fsp3) is 0.333. The van der Waals surface area contributed by atoms with Crippen molar-refractivity contribution < 1.29 is 14.0 Å². The van der Waals surface area contributed by atoms with E-state index in [0.717, 1.165) is 11.1 Å². The summed E-state index contributed by atoms with van der Waals surface area (Å²) in [4.78, 5) is 4.17. The molecule has 0 aliphatic heterocycles. The molecule has 0 radical (unpaired) electrons. The van der Waals surface area contributed by atoms with Crippen molar-refractivity contribution in [2.45, 2.75) is 13.5 Å². The number of methoxy groups -OCH3 is 2. The van der Waals surface area contributed by atoms with E-state index in [4.69, 9.17) is 19.7 Å². The van der Waals surface area contributed by atoms with Gasteiger partial charge in [-0.15, -0.1) is 0 Å². The van der Waals surface area contributed by atoms with Gasteiger partial charge in [-0.05, 0) is 19.1 Å². The average molecular weight is 249 g/mol. The Morgan fingerprint density at radius 2 is 1.83 bits per heavy atom. The van der Waals surface area contributed by atoms with Crippen LogP contribution in [-0.2, 0) is 6.54 Å². The third-order valence-electron chi connectivity index (χ3n) is 2.65. The van der Waals surface area contributed by atoms with Crippen molar-refractivity contribution in [3.63, 3.8) is 0 Å². The van der Waals surface area contributed by atoms with E-state index >= 15 is 0 Å². The third kappa shape index (κ3) is 2.14. The predicted molar refractivity (Wildman–Crippen MR) is 65.5 cm³/mol. The van der Waals surface area contributed by atoms with Crippen LogP contribution in [0.1, 0.15) is 11.5 Å². The van der Waals surface area contributed by atoms with Gasteiger partial charge in [0.15, 0.2) is 0 Å². The molecule has 0 unspecified atom stereocenters. The van der Waals surface area contributed by atoms with Crippen molar-refractivity contribution in [2.24, 2.45) is 5.73 Å². The van der Waals surface area contributed by atoms with Crippen molar-refractivity contribution in [1.29, 1.82) is 0 Å². The number of ether oxygens (including phenoxy) is 2. The number of benzene rings is 1. The van der Waals surface area contributed by atoms with Crippen LogP contribution in [-0.4, -0.2) is 24.4 Å². The summed E-state index contributed by atoms with van der Waals surface area (Å²) in [6.45, 7) is 2.14. The number of rotatable bonds is 4. The molecule has 2 N–H and O–H groups in total. The first-order chi connectivity index (χ1) is 8.69. The highest BCUT2D eigenvalue weighted by molar-refractivity contribution is 5.63. The molecule has 0 bridgehead atoms. The number of nitrogens with two attached hydrogens (primary N) is 1. The summed E-state index contributed by atoms with van der Waals surface area (Å²) in [6.07, 6.45) is 0. The molecule has 0 spiro atoms. The molecule has 1 heterocycles. The van der Waals surface area contributed by atoms with Crippen molar-refractivity contribution in [3.05, 3.63) is 23.6 Å². The summed E-state index contributed by atoms with van der Waals surface area (Å²) in [5, 5.41) is 3.86. The Bertz CT molecular complexity index is 526. The summed E-state index contributed by atoms with van der Waals surface area (Å²) in [5.41, 5.74) is 7.12. The molecule has 0 atom stereocenters. The molecule has 96 valence electrons. The van der Waals surface area contributed by atoms with E-state index in [0.29, 0.717) is 23.2 Å². The molecule has 6 heteroatoms. The van der Waals surface area contributed by atoms with E-state index < -0.39 is 0 Å². The molecular formula is C12H15N3O3. The van der Waals surface area contributed by atoms with E-state index in [1.807, 2.05) is 19.1 Å². The highest BCUT2D eigenvalue weighted by Gasteiger charge is 2.13. The smallest absolute Gasteiger partial charge is 0.240 e. The predicted octanol–water partition coefficient (Wildman–Crippen LogP) is 1.52. The van der Waals surface area contributed by atoms with E-state index in [1.165, 1.54) is 0 Å². The number of aromatic nitrogens is 2. The van der Waals surface area contributed by atoms with Crippen molar-refractivity contribution in [2.75, 3.05) is 14.2 Å². The Balaban J connectivity index is 2.50. The number of hydrogen-bond acceptors (Lipinski definition) is 6. The van der Waals surface area contributed by atoms with Gasteiger partial charge in [0.2, 0.25) is 11.7 Å².